The number of carbonyl (C=O) groups is 1. The van der Waals surface area contributed by atoms with Crippen LogP contribution in [0.15, 0.2) is 0 Å². The Balaban J connectivity index is 2.26. The van der Waals surface area contributed by atoms with E-state index in [4.69, 9.17) is 11.6 Å². The van der Waals surface area contributed by atoms with E-state index in [1.54, 1.807) is 11.8 Å². The molecule has 0 aliphatic carbocycles. The molecule has 1 saturated heterocycles. The Morgan fingerprint density at radius 2 is 2.24 bits per heavy atom. The van der Waals surface area contributed by atoms with Crippen molar-refractivity contribution in [2.45, 2.75) is 51.2 Å². The molecule has 1 heterocycles. The van der Waals surface area contributed by atoms with Gasteiger partial charge in [0.05, 0.1) is 5.25 Å². The largest absolute Gasteiger partial charge is 0.355 e. The van der Waals surface area contributed by atoms with Gasteiger partial charge < -0.3 is 5.32 Å². The SMILES string of the molecule is CC(C)(CCCCl)CNC(=O)C1CCCCS1. The van der Waals surface area contributed by atoms with E-state index >= 15 is 0 Å². The van der Waals surface area contributed by atoms with Crippen LogP contribution in [0.3, 0.4) is 0 Å². The number of thioether (sulfide) groups is 1. The Bertz CT molecular complexity index is 240. The van der Waals surface area contributed by atoms with Crippen LogP contribution in [0.1, 0.15) is 46.0 Å². The number of hydrogen-bond donors (Lipinski definition) is 1. The molecule has 0 aromatic rings. The van der Waals surface area contributed by atoms with Gasteiger partial charge in [-0.05, 0) is 36.9 Å². The van der Waals surface area contributed by atoms with Crippen LogP contribution in [0.2, 0.25) is 0 Å². The lowest BCUT2D eigenvalue weighted by atomic mass is 9.88. The predicted molar refractivity (Wildman–Crippen MR) is 76.8 cm³/mol. The van der Waals surface area contributed by atoms with Gasteiger partial charge in [0.1, 0.15) is 0 Å². The van der Waals surface area contributed by atoms with Crippen molar-refractivity contribution in [1.29, 1.82) is 0 Å². The van der Waals surface area contributed by atoms with Crippen molar-refractivity contribution in [2.75, 3.05) is 18.2 Å². The van der Waals surface area contributed by atoms with Crippen LogP contribution in [-0.4, -0.2) is 29.3 Å². The summed E-state index contributed by atoms with van der Waals surface area (Å²) in [6.45, 7) is 5.14. The summed E-state index contributed by atoms with van der Waals surface area (Å²) < 4.78 is 0. The maximum absolute atomic E-state index is 12.0. The van der Waals surface area contributed by atoms with Gasteiger partial charge in [0.25, 0.3) is 0 Å². The van der Waals surface area contributed by atoms with Crippen LogP contribution in [0.5, 0.6) is 0 Å². The predicted octanol–water partition coefficient (Wildman–Crippen LogP) is 3.43. The van der Waals surface area contributed by atoms with Crippen LogP contribution < -0.4 is 5.32 Å². The molecule has 1 unspecified atom stereocenters. The molecule has 100 valence electrons. The third-order valence-corrected chi connectivity index (χ3v) is 4.84. The molecular weight excluding hydrogens is 254 g/mol. The van der Waals surface area contributed by atoms with E-state index in [9.17, 15) is 4.79 Å². The van der Waals surface area contributed by atoms with Crippen LogP contribution >= 0.6 is 23.4 Å². The lowest BCUT2D eigenvalue weighted by Crippen LogP contribution is -2.39. The van der Waals surface area contributed by atoms with Gasteiger partial charge in [0, 0.05) is 12.4 Å². The Labute approximate surface area is 114 Å². The van der Waals surface area contributed by atoms with Gasteiger partial charge in [-0.3, -0.25) is 4.79 Å². The molecule has 0 radical (unpaired) electrons. The summed E-state index contributed by atoms with van der Waals surface area (Å²) in [4.78, 5) is 12.0. The summed E-state index contributed by atoms with van der Waals surface area (Å²) in [6, 6.07) is 0. The second-order valence-corrected chi connectivity index (χ2v) is 7.22. The second-order valence-electron chi connectivity index (χ2n) is 5.53. The molecule has 1 atom stereocenters. The topological polar surface area (TPSA) is 29.1 Å². The van der Waals surface area contributed by atoms with Gasteiger partial charge in [0.2, 0.25) is 5.91 Å². The molecule has 1 fully saturated rings. The van der Waals surface area contributed by atoms with Crippen LogP contribution in [0.25, 0.3) is 0 Å². The van der Waals surface area contributed by atoms with Gasteiger partial charge in [-0.1, -0.05) is 20.3 Å². The van der Waals surface area contributed by atoms with Gasteiger partial charge in [-0.2, -0.15) is 0 Å². The van der Waals surface area contributed by atoms with E-state index < -0.39 is 0 Å². The highest BCUT2D eigenvalue weighted by Crippen LogP contribution is 2.26. The molecule has 1 amide bonds. The minimum Gasteiger partial charge on any atom is -0.355 e. The van der Waals surface area contributed by atoms with E-state index in [0.29, 0.717) is 5.88 Å². The summed E-state index contributed by atoms with van der Waals surface area (Å²) in [5.74, 6) is 2.07. The first kappa shape index (κ1) is 15.2. The third-order valence-electron chi connectivity index (χ3n) is 3.20. The molecule has 4 heteroatoms. The van der Waals surface area contributed by atoms with Gasteiger partial charge >= 0.3 is 0 Å². The Morgan fingerprint density at radius 1 is 1.47 bits per heavy atom. The monoisotopic (exact) mass is 277 g/mol. The number of amides is 1. The molecule has 2 nitrogen and oxygen atoms in total. The maximum Gasteiger partial charge on any atom is 0.233 e. The van der Waals surface area contributed by atoms with Crippen LogP contribution in [0, 0.1) is 5.41 Å². The lowest BCUT2D eigenvalue weighted by molar-refractivity contribution is -0.121. The van der Waals surface area contributed by atoms with Crippen LogP contribution in [-0.2, 0) is 4.79 Å². The summed E-state index contributed by atoms with van der Waals surface area (Å²) in [6.07, 6.45) is 5.58. The highest BCUT2D eigenvalue weighted by atomic mass is 35.5. The molecule has 1 N–H and O–H groups in total. The zero-order valence-corrected chi connectivity index (χ0v) is 12.5. The fourth-order valence-electron chi connectivity index (χ4n) is 2.02. The lowest BCUT2D eigenvalue weighted by Gasteiger charge is -2.27. The van der Waals surface area contributed by atoms with E-state index in [1.165, 1.54) is 12.8 Å². The highest BCUT2D eigenvalue weighted by Gasteiger charge is 2.24. The zero-order valence-electron chi connectivity index (χ0n) is 10.9. The van der Waals surface area contributed by atoms with E-state index in [0.717, 1.165) is 31.6 Å². The quantitative estimate of drug-likeness (QED) is 0.754. The number of alkyl halides is 1. The molecule has 1 aliphatic rings. The number of nitrogens with one attached hydrogen (secondary N) is 1. The van der Waals surface area contributed by atoms with Gasteiger partial charge in [0.15, 0.2) is 0 Å². The second kappa shape index (κ2) is 7.52. The number of hydrogen-bond acceptors (Lipinski definition) is 2. The molecular formula is C13H24ClNOS. The molecule has 1 rings (SSSR count). The molecule has 0 aromatic heterocycles. The van der Waals surface area contributed by atoms with Crippen molar-refractivity contribution in [3.05, 3.63) is 0 Å². The summed E-state index contributed by atoms with van der Waals surface area (Å²) in [5, 5.41) is 3.29. The van der Waals surface area contributed by atoms with Crippen molar-refractivity contribution in [3.63, 3.8) is 0 Å². The molecule has 0 spiro atoms. The smallest absolute Gasteiger partial charge is 0.233 e. The van der Waals surface area contributed by atoms with E-state index in [2.05, 4.69) is 19.2 Å². The van der Waals surface area contributed by atoms with Gasteiger partial charge in [-0.25, -0.2) is 0 Å². The van der Waals surface area contributed by atoms with E-state index in [-0.39, 0.29) is 16.6 Å². The fraction of sp³-hybridized carbons (Fsp3) is 0.923. The summed E-state index contributed by atoms with van der Waals surface area (Å²) >= 11 is 7.51. The molecule has 0 aromatic carbocycles. The van der Waals surface area contributed by atoms with Crippen molar-refractivity contribution in [1.82, 2.24) is 5.32 Å². The standard InChI is InChI=1S/C13H24ClNOS/c1-13(2,7-5-8-14)10-15-12(16)11-6-3-4-9-17-11/h11H,3-10H2,1-2H3,(H,15,16). The number of rotatable bonds is 6. The van der Waals surface area contributed by atoms with Crippen molar-refractivity contribution >= 4 is 29.3 Å². The van der Waals surface area contributed by atoms with Crippen molar-refractivity contribution < 1.29 is 4.79 Å². The van der Waals surface area contributed by atoms with Crippen molar-refractivity contribution in [2.24, 2.45) is 5.41 Å². The molecule has 0 saturated carbocycles. The summed E-state index contributed by atoms with van der Waals surface area (Å²) in [7, 11) is 0. The average Bonchev–Trinajstić information content (AvgIpc) is 2.35. The normalized spacial score (nSPS) is 21.2. The van der Waals surface area contributed by atoms with Crippen molar-refractivity contribution in [3.8, 4) is 0 Å². The number of carbonyl (C=O) groups excluding carboxylic acids is 1. The van der Waals surface area contributed by atoms with Crippen LogP contribution in [0.4, 0.5) is 0 Å². The fourth-order valence-corrected chi connectivity index (χ4v) is 3.38. The van der Waals surface area contributed by atoms with E-state index in [1.807, 2.05) is 0 Å². The third kappa shape index (κ3) is 6.01. The summed E-state index contributed by atoms with van der Waals surface area (Å²) in [5.41, 5.74) is 0.157. The molecule has 1 aliphatic heterocycles. The van der Waals surface area contributed by atoms with Gasteiger partial charge in [-0.15, -0.1) is 23.4 Å². The minimum atomic E-state index is 0.157. The maximum atomic E-state index is 12.0. The first-order valence-corrected chi connectivity index (χ1v) is 8.09. The molecule has 0 bridgehead atoms. The number of halogens is 1. The highest BCUT2D eigenvalue weighted by molar-refractivity contribution is 8.00. The Hall–Kier alpha value is 0.110. The Morgan fingerprint density at radius 3 is 2.82 bits per heavy atom. The first-order chi connectivity index (χ1) is 8.05. The average molecular weight is 278 g/mol. The first-order valence-electron chi connectivity index (χ1n) is 6.50. The Kier molecular flexibility index (Phi) is 6.71. The minimum absolute atomic E-state index is 0.157. The molecule has 17 heavy (non-hydrogen) atoms. The zero-order chi connectivity index (χ0) is 12.7.